The molecule has 1 saturated heterocycles. The van der Waals surface area contributed by atoms with Gasteiger partial charge in [-0.1, -0.05) is 6.92 Å². The Bertz CT molecular complexity index is 254. The van der Waals surface area contributed by atoms with E-state index in [-0.39, 0.29) is 31.7 Å². The Balaban J connectivity index is 0.00000225. The van der Waals surface area contributed by atoms with Gasteiger partial charge in [-0.15, -0.1) is 12.4 Å². The number of nitrogens with one attached hydrogen (secondary N) is 1. The number of Topliss-reactive ketones (excluding diaryl/α,β-unsaturated/α-hetero) is 1. The molecule has 0 spiro atoms. The number of carbonyl (C=O) groups excluding carboxylic acids is 1. The Kier molecular flexibility index (Phi) is 3.43. The maximum absolute atomic E-state index is 11.8. The predicted molar refractivity (Wildman–Crippen MR) is 52.8 cm³/mol. The van der Waals surface area contributed by atoms with Crippen LogP contribution in [0.3, 0.4) is 0 Å². The number of carbonyl (C=O) groups is 1. The molecule has 0 aromatic rings. The Morgan fingerprint density at radius 1 is 1.75 bits per heavy atom. The fraction of sp³-hybridized carbons (Fsp3) is 0.889. The van der Waals surface area contributed by atoms with E-state index in [1.54, 1.807) is 6.92 Å². The molecule has 0 aromatic carbocycles. The standard InChI is InChI=1S/C9H17NO.ClH/c1-2-3-9(11)8-4-6-10-7-5-8;/h8,10H,2-7H2,1H3;1H/i3D2,8D;/hD. The van der Waals surface area contributed by atoms with E-state index in [0.717, 1.165) is 0 Å². The molecular weight excluding hydrogens is 174 g/mol. The van der Waals surface area contributed by atoms with Crippen molar-refractivity contribution in [1.82, 2.24) is 5.31 Å². The first-order valence-electron chi connectivity index (χ1n) is 6.05. The third kappa shape index (κ3) is 3.55. The van der Waals surface area contributed by atoms with Gasteiger partial charge in [0.1, 0.15) is 7.20 Å². The Labute approximate surface area is 86.2 Å². The summed E-state index contributed by atoms with van der Waals surface area (Å²) in [6.45, 7) is 2.35. The molecule has 0 radical (unpaired) electrons. The minimum atomic E-state index is -1.90. The average molecular weight is 196 g/mol. The Morgan fingerprint density at radius 3 is 2.83 bits per heavy atom. The molecule has 1 heterocycles. The van der Waals surface area contributed by atoms with Gasteiger partial charge in [0.15, 0.2) is 0 Å². The minimum absolute atomic E-state index is 0. The van der Waals surface area contributed by atoms with Gasteiger partial charge in [0.2, 0.25) is 0 Å². The van der Waals surface area contributed by atoms with E-state index < -0.39 is 18.1 Å². The van der Waals surface area contributed by atoms with Crippen LogP contribution in [-0.4, -0.2) is 18.9 Å². The lowest BCUT2D eigenvalue weighted by Crippen LogP contribution is -2.31. The smallest absolute Gasteiger partial charge is 0.136 e. The van der Waals surface area contributed by atoms with Crippen LogP contribution >= 0.6 is 12.4 Å². The second-order valence-corrected chi connectivity index (χ2v) is 2.63. The van der Waals surface area contributed by atoms with Crippen LogP contribution in [0, 0.1) is 5.89 Å². The lowest BCUT2D eigenvalue weighted by Gasteiger charge is -2.20. The highest BCUT2D eigenvalue weighted by atomic mass is 35.5. The van der Waals surface area contributed by atoms with Crippen molar-refractivity contribution >= 4 is 18.2 Å². The molecule has 3 heteroatoms. The van der Waals surface area contributed by atoms with Crippen LogP contribution in [0.1, 0.15) is 36.7 Å². The lowest BCUT2D eigenvalue weighted by atomic mass is 9.91. The second kappa shape index (κ2) is 6.44. The monoisotopic (exact) mass is 195 g/mol. The van der Waals surface area contributed by atoms with Gasteiger partial charge in [0.25, 0.3) is 0 Å². The first-order chi connectivity index (χ1) is 6.82. The second-order valence-electron chi connectivity index (χ2n) is 2.63. The summed E-state index contributed by atoms with van der Waals surface area (Å²) in [5.41, 5.74) is 0. The molecule has 0 aliphatic carbocycles. The lowest BCUT2D eigenvalue weighted by molar-refractivity contribution is -0.123. The molecule has 72 valence electrons. The zero-order valence-corrected chi connectivity index (χ0v) is 8.12. The van der Waals surface area contributed by atoms with Crippen LogP contribution in [0.5, 0.6) is 0 Å². The van der Waals surface area contributed by atoms with Gasteiger partial charge in [0.05, 0.1) is 0 Å². The molecule has 0 unspecified atom stereocenters. The molecule has 0 aromatic heterocycles. The largest absolute Gasteiger partial charge is 0.317 e. The van der Waals surface area contributed by atoms with Crippen molar-refractivity contribution < 1.29 is 10.3 Å². The molecule has 1 fully saturated rings. The van der Waals surface area contributed by atoms with E-state index in [0.29, 0.717) is 13.1 Å². The van der Waals surface area contributed by atoms with Crippen molar-refractivity contribution in [2.45, 2.75) is 32.6 Å². The molecule has 1 aliphatic rings. The van der Waals surface area contributed by atoms with Crippen molar-refractivity contribution in [2.24, 2.45) is 5.89 Å². The van der Waals surface area contributed by atoms with E-state index in [4.69, 9.17) is 5.52 Å². The highest BCUT2D eigenvalue weighted by Crippen LogP contribution is 2.14. The molecule has 1 aliphatic heterocycles. The summed E-state index contributed by atoms with van der Waals surface area (Å²) >= 11 is 0. The van der Waals surface area contributed by atoms with Crippen molar-refractivity contribution in [3.63, 3.8) is 0 Å². The summed E-state index contributed by atoms with van der Waals surface area (Å²) < 4.78 is 30.4. The van der Waals surface area contributed by atoms with Gasteiger partial charge in [0, 0.05) is 16.4 Å². The number of piperidine rings is 1. The van der Waals surface area contributed by atoms with Crippen LogP contribution in [0.15, 0.2) is 0 Å². The van der Waals surface area contributed by atoms with Gasteiger partial charge in [-0.05, 0) is 32.4 Å². The van der Waals surface area contributed by atoms with E-state index in [1.807, 2.05) is 0 Å². The zero-order valence-electron chi connectivity index (χ0n) is 11.3. The highest BCUT2D eigenvalue weighted by molar-refractivity contribution is 5.85. The summed E-state index contributed by atoms with van der Waals surface area (Å²) in [4.78, 5) is 11.8. The van der Waals surface area contributed by atoms with Gasteiger partial charge in [-0.2, -0.15) is 0 Å². The van der Waals surface area contributed by atoms with E-state index in [1.165, 1.54) is 5.31 Å². The normalized spacial score (nSPS) is 28.8. The summed E-state index contributed by atoms with van der Waals surface area (Å²) in [5.74, 6) is -1.94. The third-order valence-electron chi connectivity index (χ3n) is 1.80. The van der Waals surface area contributed by atoms with Crippen LogP contribution in [-0.2, 0) is 4.79 Å². The molecule has 0 saturated carbocycles. The first-order valence-corrected chi connectivity index (χ1v) is 4.10. The van der Waals surface area contributed by atoms with Crippen molar-refractivity contribution in [3.8, 4) is 0 Å². The van der Waals surface area contributed by atoms with Crippen molar-refractivity contribution in [1.29, 1.82) is 0 Å². The number of ketones is 1. The number of hydrogen-bond donors (Lipinski definition) is 1. The van der Waals surface area contributed by atoms with Gasteiger partial charge >= 0.3 is 0 Å². The van der Waals surface area contributed by atoms with Gasteiger partial charge < -0.3 is 5.31 Å². The van der Waals surface area contributed by atoms with E-state index in [9.17, 15) is 4.79 Å². The average Bonchev–Trinajstić information content (AvgIpc) is 2.21. The molecule has 0 amide bonds. The van der Waals surface area contributed by atoms with Crippen LogP contribution in [0.2, 0.25) is 1.41 Å². The van der Waals surface area contributed by atoms with Crippen molar-refractivity contribution in [2.75, 3.05) is 13.1 Å². The Morgan fingerprint density at radius 2 is 2.33 bits per heavy atom. The fourth-order valence-corrected chi connectivity index (χ4v) is 1.18. The molecule has 12 heavy (non-hydrogen) atoms. The predicted octanol–water partition coefficient (Wildman–Crippen LogP) is 1.78. The van der Waals surface area contributed by atoms with Crippen molar-refractivity contribution in [3.05, 3.63) is 0 Å². The molecule has 0 bridgehead atoms. The molecule has 1 N–H and O–H groups in total. The number of hydrogen-bond acceptors (Lipinski definition) is 2. The molecular formula is C9H18ClNO. The summed E-state index contributed by atoms with van der Waals surface area (Å²) in [6, 6.07) is 0. The summed E-state index contributed by atoms with van der Waals surface area (Å²) in [5, 5.41) is 1.32. The SMILES string of the molecule is Cl.[2H]N1CCC([2H])(C(=O)C([2H])([2H])CC)CC1. The molecule has 1 rings (SSSR count). The highest BCUT2D eigenvalue weighted by Gasteiger charge is 2.19. The molecule has 0 atom stereocenters. The van der Waals surface area contributed by atoms with Crippen LogP contribution < -0.4 is 5.31 Å². The summed E-state index contributed by atoms with van der Waals surface area (Å²) in [7, 11) is 0. The number of halogens is 1. The zero-order chi connectivity index (χ0) is 11.7. The third-order valence-corrected chi connectivity index (χ3v) is 1.80. The summed E-state index contributed by atoms with van der Waals surface area (Å²) in [6.07, 6.45) is -1.27. The van der Waals surface area contributed by atoms with E-state index in [2.05, 4.69) is 0 Å². The van der Waals surface area contributed by atoms with Crippen LogP contribution in [0.25, 0.3) is 0 Å². The fourth-order valence-electron chi connectivity index (χ4n) is 1.18. The molecule has 2 nitrogen and oxygen atoms in total. The first kappa shape index (κ1) is 6.39. The van der Waals surface area contributed by atoms with Gasteiger partial charge in [-0.25, -0.2) is 0 Å². The maximum Gasteiger partial charge on any atom is 0.136 e. The minimum Gasteiger partial charge on any atom is -0.317 e. The quantitative estimate of drug-likeness (QED) is 0.744. The number of rotatable bonds is 3. The Hall–Kier alpha value is -0.0800. The maximum atomic E-state index is 11.8. The topological polar surface area (TPSA) is 29.1 Å². The van der Waals surface area contributed by atoms with Crippen LogP contribution in [0.4, 0.5) is 0 Å². The van der Waals surface area contributed by atoms with Gasteiger partial charge in [-0.3, -0.25) is 4.79 Å². The van der Waals surface area contributed by atoms with E-state index >= 15 is 0 Å².